The van der Waals surface area contributed by atoms with E-state index < -0.39 is 47.3 Å². The van der Waals surface area contributed by atoms with Gasteiger partial charge in [-0.3, -0.25) is 9.59 Å². The fourth-order valence-corrected chi connectivity index (χ4v) is 5.02. The van der Waals surface area contributed by atoms with Gasteiger partial charge in [-0.05, 0) is 80.1 Å². The van der Waals surface area contributed by atoms with Crippen LogP contribution in [0.3, 0.4) is 0 Å². The van der Waals surface area contributed by atoms with Gasteiger partial charge in [-0.15, -0.1) is 0 Å². The fraction of sp³-hybridized carbons (Fsp3) is 0.529. The molecule has 5 heterocycles. The summed E-state index contributed by atoms with van der Waals surface area (Å²) in [6, 6.07) is -1.42. The molecule has 1 aliphatic rings. The number of rotatable bonds is 10. The molecule has 52 heavy (non-hydrogen) atoms. The van der Waals surface area contributed by atoms with Crippen LogP contribution in [-0.4, -0.2) is 68.2 Å². The highest BCUT2D eigenvalue weighted by molar-refractivity contribution is 5.93. The van der Waals surface area contributed by atoms with Crippen molar-refractivity contribution in [2.45, 2.75) is 103 Å². The second-order valence-electron chi connectivity index (χ2n) is 14.1. The van der Waals surface area contributed by atoms with Crippen LogP contribution in [0.5, 0.6) is 0 Å². The largest absolute Gasteiger partial charge is 0.446 e. The van der Waals surface area contributed by atoms with Crippen molar-refractivity contribution in [3.05, 3.63) is 48.2 Å². The molecule has 0 unspecified atom stereocenters. The van der Waals surface area contributed by atoms with Crippen molar-refractivity contribution in [1.82, 2.24) is 41.2 Å². The summed E-state index contributed by atoms with van der Waals surface area (Å²) < 4.78 is 33.2. The van der Waals surface area contributed by atoms with Crippen LogP contribution in [0.15, 0.2) is 42.7 Å². The minimum absolute atomic E-state index is 0.0243. The second-order valence-corrected chi connectivity index (χ2v) is 14.1. The molecule has 8 bridgehead atoms. The summed E-state index contributed by atoms with van der Waals surface area (Å²) >= 11 is 0. The topological polar surface area (TPSA) is 239 Å². The van der Waals surface area contributed by atoms with Crippen molar-refractivity contribution < 1.29 is 46.3 Å². The van der Waals surface area contributed by atoms with Gasteiger partial charge < -0.3 is 48.4 Å². The van der Waals surface area contributed by atoms with Crippen molar-refractivity contribution in [2.75, 3.05) is 13.1 Å². The van der Waals surface area contributed by atoms with Gasteiger partial charge in [0.1, 0.15) is 48.3 Å². The molecule has 0 fully saturated rings. The van der Waals surface area contributed by atoms with E-state index in [1.807, 2.05) is 0 Å². The van der Waals surface area contributed by atoms with Gasteiger partial charge in [0.2, 0.25) is 23.6 Å². The number of oxazole rings is 4. The van der Waals surface area contributed by atoms with E-state index in [2.05, 4.69) is 41.2 Å². The van der Waals surface area contributed by atoms with E-state index in [-0.39, 0.29) is 46.3 Å². The lowest BCUT2D eigenvalue weighted by atomic mass is 10.1. The molecule has 2 atom stereocenters. The zero-order chi connectivity index (χ0) is 37.5. The van der Waals surface area contributed by atoms with Gasteiger partial charge in [-0.25, -0.2) is 29.5 Å². The first-order valence-corrected chi connectivity index (χ1v) is 17.0. The molecule has 18 nitrogen and oxygen atoms in total. The van der Waals surface area contributed by atoms with E-state index in [1.165, 1.54) is 25.1 Å². The molecule has 0 aromatic carbocycles. The number of nitrogens with one attached hydrogen (secondary N) is 4. The predicted octanol–water partition coefficient (Wildman–Crippen LogP) is 5.62. The Bertz CT molecular complexity index is 1710. The van der Waals surface area contributed by atoms with Gasteiger partial charge in [0.25, 0.3) is 11.8 Å². The molecule has 280 valence electrons. The Hall–Kier alpha value is -5.68. The van der Waals surface area contributed by atoms with Crippen molar-refractivity contribution in [3.63, 3.8) is 0 Å². The van der Waals surface area contributed by atoms with Crippen LogP contribution in [0, 0.1) is 0 Å². The molecule has 0 radical (unpaired) electrons. The zero-order valence-corrected chi connectivity index (χ0v) is 30.0. The first-order valence-electron chi connectivity index (χ1n) is 17.0. The molecule has 4 N–H and O–H groups in total. The molecule has 4 aromatic heterocycles. The van der Waals surface area contributed by atoms with Crippen LogP contribution in [0.25, 0.3) is 23.2 Å². The predicted molar refractivity (Wildman–Crippen MR) is 181 cm³/mol. The Morgan fingerprint density at radius 3 is 1.38 bits per heavy atom. The van der Waals surface area contributed by atoms with Crippen molar-refractivity contribution in [3.8, 4) is 23.2 Å². The van der Waals surface area contributed by atoms with Crippen molar-refractivity contribution in [1.29, 1.82) is 0 Å². The lowest BCUT2D eigenvalue weighted by Crippen LogP contribution is -2.33. The number of carbonyl (C=O) groups excluding carboxylic acids is 4. The summed E-state index contributed by atoms with van der Waals surface area (Å²) in [5.74, 6) is -0.728. The molecule has 18 heteroatoms. The number of nitrogens with zero attached hydrogens (tertiary/aromatic N) is 4. The average molecular weight is 725 g/mol. The van der Waals surface area contributed by atoms with E-state index in [9.17, 15) is 19.2 Å². The van der Waals surface area contributed by atoms with Crippen LogP contribution in [0.4, 0.5) is 9.59 Å². The lowest BCUT2D eigenvalue weighted by Gasteiger charge is -2.19. The highest BCUT2D eigenvalue weighted by Gasteiger charge is 2.28. The maximum absolute atomic E-state index is 13.4. The number of aromatic nitrogens is 4. The summed E-state index contributed by atoms with van der Waals surface area (Å²) in [5.41, 5.74) is -0.869. The van der Waals surface area contributed by atoms with E-state index in [1.54, 1.807) is 41.5 Å². The third-order valence-electron chi connectivity index (χ3n) is 7.34. The van der Waals surface area contributed by atoms with E-state index in [0.29, 0.717) is 51.6 Å². The Morgan fingerprint density at radius 1 is 0.615 bits per heavy atom. The van der Waals surface area contributed by atoms with Gasteiger partial charge >= 0.3 is 12.2 Å². The molecule has 1 aliphatic heterocycles. The van der Waals surface area contributed by atoms with Crippen LogP contribution in [-0.2, 0) is 9.47 Å². The first kappa shape index (κ1) is 37.6. The van der Waals surface area contributed by atoms with Gasteiger partial charge in [0, 0.05) is 13.1 Å². The number of fused-ring (bicyclic) bond motifs is 10. The minimum atomic E-state index is -0.710. The maximum Gasteiger partial charge on any atom is 0.407 e. The molecular weight excluding hydrogens is 680 g/mol. The number of hydrogen-bond donors (Lipinski definition) is 4. The van der Waals surface area contributed by atoms with Crippen LogP contribution in [0.1, 0.15) is 125 Å². The maximum atomic E-state index is 13.4. The third kappa shape index (κ3) is 10.7. The summed E-state index contributed by atoms with van der Waals surface area (Å²) in [7, 11) is 0. The Balaban J connectivity index is 1.31. The standard InChI is InChI=1S/C34H44N8O10/c1-33(2,3)51-31(45)35-13-9-7-11-19-27-41-23(17-49-27)29-40-22(16-48-29)26(44)38-20(12-8-10-14-36-32(46)52-34(4,5)6)28-42-24(18-50-28)30-39-21(15-47-30)25(43)37-19/h15-20H,7-14H2,1-6H3,(H,35,45)(H,36,46)(H,37,43)(H,38,44)/t19-,20-/m0/s1. The summed E-state index contributed by atoms with van der Waals surface area (Å²) in [4.78, 5) is 68.4. The van der Waals surface area contributed by atoms with Gasteiger partial charge in [0.05, 0.1) is 0 Å². The monoisotopic (exact) mass is 724 g/mol. The Labute approximate surface area is 299 Å². The zero-order valence-electron chi connectivity index (χ0n) is 30.0. The summed E-state index contributed by atoms with van der Waals surface area (Å²) in [6.45, 7) is 11.4. The highest BCUT2D eigenvalue weighted by atomic mass is 16.6. The number of carbonyl (C=O) groups is 4. The van der Waals surface area contributed by atoms with Crippen LogP contribution >= 0.6 is 0 Å². The number of unbranched alkanes of at least 4 members (excludes halogenated alkanes) is 2. The summed E-state index contributed by atoms with van der Waals surface area (Å²) in [6.07, 6.45) is 7.03. The average Bonchev–Trinajstić information content (AvgIpc) is 3.87. The molecule has 0 saturated carbocycles. The minimum Gasteiger partial charge on any atom is -0.446 e. The molecule has 0 spiro atoms. The van der Waals surface area contributed by atoms with Gasteiger partial charge in [-0.2, -0.15) is 0 Å². The number of amides is 4. The molecule has 4 aromatic rings. The molecular formula is C34H44N8O10. The third-order valence-corrected chi connectivity index (χ3v) is 7.34. The number of hydrogen-bond acceptors (Lipinski definition) is 14. The molecule has 0 saturated heterocycles. The van der Waals surface area contributed by atoms with E-state index in [4.69, 9.17) is 27.1 Å². The quantitative estimate of drug-likeness (QED) is 0.145. The van der Waals surface area contributed by atoms with Crippen molar-refractivity contribution in [2.24, 2.45) is 0 Å². The van der Waals surface area contributed by atoms with Gasteiger partial charge in [0.15, 0.2) is 22.8 Å². The molecule has 5 rings (SSSR count). The highest BCUT2D eigenvalue weighted by Crippen LogP contribution is 2.28. The van der Waals surface area contributed by atoms with E-state index >= 15 is 0 Å². The van der Waals surface area contributed by atoms with Crippen molar-refractivity contribution >= 4 is 24.0 Å². The van der Waals surface area contributed by atoms with Gasteiger partial charge in [-0.1, -0.05) is 0 Å². The number of alkyl carbamates (subject to hydrolysis) is 2. The Morgan fingerprint density at radius 2 is 1.00 bits per heavy atom. The normalized spacial score (nSPS) is 16.3. The molecule has 4 amide bonds. The summed E-state index contributed by atoms with van der Waals surface area (Å²) in [5, 5.41) is 11.2. The van der Waals surface area contributed by atoms with Crippen LogP contribution < -0.4 is 21.3 Å². The lowest BCUT2D eigenvalue weighted by molar-refractivity contribution is 0.0515. The molecule has 0 aliphatic carbocycles. The SMILES string of the molecule is CC(C)(C)OC(=O)NCCCC[C@@H]1NC(=O)c2coc(n2)-c2coc(n2)[C@H](CCCCNC(=O)OC(C)(C)C)NC(=O)c2coc(n2)-c2coc1n2. The first-order chi connectivity index (χ1) is 24.6. The van der Waals surface area contributed by atoms with Crippen LogP contribution in [0.2, 0.25) is 0 Å². The fourth-order valence-electron chi connectivity index (χ4n) is 5.02. The smallest absolute Gasteiger partial charge is 0.407 e. The Kier molecular flexibility index (Phi) is 11.6. The number of ether oxygens (including phenoxy) is 2. The van der Waals surface area contributed by atoms with E-state index in [0.717, 1.165) is 0 Å². The second kappa shape index (κ2) is 16.1.